The molecule has 0 N–H and O–H groups in total. The summed E-state index contributed by atoms with van der Waals surface area (Å²) in [6.07, 6.45) is 0. The largest absolute Gasteiger partial charge is 0.456 e. The summed E-state index contributed by atoms with van der Waals surface area (Å²) >= 11 is 0. The lowest BCUT2D eigenvalue weighted by Crippen LogP contribution is -2.11. The predicted molar refractivity (Wildman–Crippen MR) is 222 cm³/mol. The van der Waals surface area contributed by atoms with Crippen molar-refractivity contribution in [1.82, 2.24) is 0 Å². The molecule has 2 heterocycles. The van der Waals surface area contributed by atoms with E-state index in [1.165, 1.54) is 21.9 Å². The van der Waals surface area contributed by atoms with Gasteiger partial charge in [0.1, 0.15) is 22.3 Å². The first kappa shape index (κ1) is 29.6. The molecule has 0 atom stereocenters. The molecule has 0 unspecified atom stereocenters. The van der Waals surface area contributed by atoms with E-state index in [2.05, 4.69) is 181 Å². The van der Waals surface area contributed by atoms with E-state index < -0.39 is 0 Å². The Hall–Kier alpha value is -7.10. The molecule has 11 rings (SSSR count). The highest BCUT2D eigenvalue weighted by molar-refractivity contribution is 6.20. The molecule has 9 aromatic carbocycles. The van der Waals surface area contributed by atoms with E-state index >= 15 is 0 Å². The van der Waals surface area contributed by atoms with Crippen molar-refractivity contribution >= 4 is 82.5 Å². The minimum atomic E-state index is 0.854. The van der Waals surface area contributed by atoms with Gasteiger partial charge < -0.3 is 13.7 Å². The molecule has 0 aliphatic heterocycles. The standard InChI is InChI=1S/C50H31NO2/c1-2-12-35-30-36(21-20-32(35)10-1)33-22-26-38(27-23-33)51(45-17-9-19-47-49(45)43-29-24-34-11-3-4-14-40(34)50(43)53-47)44-16-7-5-13-39(44)37-25-28-42-41-15-6-8-18-46(41)52-48(42)31-37/h1-31H. The van der Waals surface area contributed by atoms with E-state index in [0.717, 1.165) is 82.8 Å². The minimum Gasteiger partial charge on any atom is -0.456 e. The minimum absolute atomic E-state index is 0.854. The van der Waals surface area contributed by atoms with Gasteiger partial charge in [0.2, 0.25) is 0 Å². The Morgan fingerprint density at radius 1 is 0.340 bits per heavy atom. The fraction of sp³-hybridized carbons (Fsp3) is 0. The third-order valence-corrected chi connectivity index (χ3v) is 10.6. The molecule has 0 spiro atoms. The number of rotatable bonds is 5. The second-order valence-electron chi connectivity index (χ2n) is 13.7. The van der Waals surface area contributed by atoms with Gasteiger partial charge in [-0.2, -0.15) is 0 Å². The molecular formula is C50H31NO2. The van der Waals surface area contributed by atoms with E-state index in [4.69, 9.17) is 8.83 Å². The van der Waals surface area contributed by atoms with E-state index in [1.807, 2.05) is 12.1 Å². The Bertz CT molecular complexity index is 3180. The van der Waals surface area contributed by atoms with E-state index in [1.54, 1.807) is 0 Å². The Labute approximate surface area is 305 Å². The van der Waals surface area contributed by atoms with Crippen molar-refractivity contribution in [3.8, 4) is 22.3 Å². The molecular weight excluding hydrogens is 647 g/mol. The smallest absolute Gasteiger partial charge is 0.143 e. The molecule has 0 fully saturated rings. The topological polar surface area (TPSA) is 29.5 Å². The van der Waals surface area contributed by atoms with Crippen molar-refractivity contribution in [1.29, 1.82) is 0 Å². The van der Waals surface area contributed by atoms with Gasteiger partial charge in [-0.25, -0.2) is 0 Å². The number of anilines is 3. The number of hydrogen-bond donors (Lipinski definition) is 0. The lowest BCUT2D eigenvalue weighted by Gasteiger charge is -2.28. The van der Waals surface area contributed by atoms with Crippen LogP contribution in [0.5, 0.6) is 0 Å². The van der Waals surface area contributed by atoms with Crippen LogP contribution >= 0.6 is 0 Å². The van der Waals surface area contributed by atoms with Gasteiger partial charge in [-0.15, -0.1) is 0 Å². The first-order valence-corrected chi connectivity index (χ1v) is 18.0. The molecule has 0 radical (unpaired) electrons. The summed E-state index contributed by atoms with van der Waals surface area (Å²) in [7, 11) is 0. The normalized spacial score (nSPS) is 11.8. The second kappa shape index (κ2) is 11.7. The zero-order valence-electron chi connectivity index (χ0n) is 28.7. The lowest BCUT2D eigenvalue weighted by molar-refractivity contribution is 0.669. The van der Waals surface area contributed by atoms with E-state index in [-0.39, 0.29) is 0 Å². The number of hydrogen-bond acceptors (Lipinski definition) is 3. The summed E-state index contributed by atoms with van der Waals surface area (Å²) < 4.78 is 13.1. The molecule has 3 heteroatoms. The highest BCUT2D eigenvalue weighted by Crippen LogP contribution is 2.47. The summed E-state index contributed by atoms with van der Waals surface area (Å²) in [6.45, 7) is 0. The van der Waals surface area contributed by atoms with Gasteiger partial charge in [0, 0.05) is 32.8 Å². The van der Waals surface area contributed by atoms with Crippen molar-refractivity contribution in [2.45, 2.75) is 0 Å². The quantitative estimate of drug-likeness (QED) is 0.182. The first-order valence-electron chi connectivity index (χ1n) is 18.0. The first-order chi connectivity index (χ1) is 26.3. The van der Waals surface area contributed by atoms with Gasteiger partial charge in [-0.05, 0) is 93.5 Å². The monoisotopic (exact) mass is 677 g/mol. The molecule has 0 saturated heterocycles. The molecule has 0 saturated carbocycles. The molecule has 53 heavy (non-hydrogen) atoms. The molecule has 0 aliphatic carbocycles. The zero-order chi connectivity index (χ0) is 34.9. The van der Waals surface area contributed by atoms with Crippen molar-refractivity contribution in [3.05, 3.63) is 188 Å². The van der Waals surface area contributed by atoms with Crippen LogP contribution in [0.25, 0.3) is 87.7 Å². The molecule has 0 amide bonds. The SMILES string of the molecule is c1ccc(N(c2ccc(-c3ccc4ccccc4c3)cc2)c2cccc3oc4c5ccccc5ccc4c23)c(-c2ccc3c(c2)oc2ccccc23)c1. The van der Waals surface area contributed by atoms with Crippen LogP contribution in [0.3, 0.4) is 0 Å². The summed E-state index contributed by atoms with van der Waals surface area (Å²) in [5, 5.41) is 9.15. The summed E-state index contributed by atoms with van der Waals surface area (Å²) in [5.74, 6) is 0. The molecule has 3 nitrogen and oxygen atoms in total. The predicted octanol–water partition coefficient (Wildman–Crippen LogP) is 14.6. The van der Waals surface area contributed by atoms with Gasteiger partial charge in [0.05, 0.1) is 16.8 Å². The highest BCUT2D eigenvalue weighted by Gasteiger charge is 2.23. The molecule has 11 aromatic rings. The Balaban J connectivity index is 1.13. The maximum Gasteiger partial charge on any atom is 0.143 e. The molecule has 248 valence electrons. The molecule has 0 bridgehead atoms. The lowest BCUT2D eigenvalue weighted by atomic mass is 9.98. The number of para-hydroxylation sites is 2. The average Bonchev–Trinajstić information content (AvgIpc) is 3.80. The number of benzene rings is 9. The van der Waals surface area contributed by atoms with Crippen LogP contribution in [0.15, 0.2) is 197 Å². The van der Waals surface area contributed by atoms with Crippen molar-refractivity contribution in [2.24, 2.45) is 0 Å². The van der Waals surface area contributed by atoms with Crippen molar-refractivity contribution in [3.63, 3.8) is 0 Å². The van der Waals surface area contributed by atoms with Crippen LogP contribution in [-0.4, -0.2) is 0 Å². The van der Waals surface area contributed by atoms with Crippen molar-refractivity contribution in [2.75, 3.05) is 4.90 Å². The van der Waals surface area contributed by atoms with Crippen LogP contribution in [-0.2, 0) is 0 Å². The van der Waals surface area contributed by atoms with Gasteiger partial charge in [0.25, 0.3) is 0 Å². The third-order valence-electron chi connectivity index (χ3n) is 10.6. The summed E-state index contributed by atoms with van der Waals surface area (Å²) in [6, 6.07) is 66.8. The number of furan rings is 2. The maximum atomic E-state index is 6.69. The fourth-order valence-electron chi connectivity index (χ4n) is 8.11. The number of nitrogens with zero attached hydrogens (tertiary/aromatic N) is 1. The molecule has 0 aliphatic rings. The van der Waals surface area contributed by atoms with Crippen LogP contribution in [0.2, 0.25) is 0 Å². The zero-order valence-corrected chi connectivity index (χ0v) is 28.7. The average molecular weight is 678 g/mol. The fourth-order valence-corrected chi connectivity index (χ4v) is 8.11. The second-order valence-corrected chi connectivity index (χ2v) is 13.7. The van der Waals surface area contributed by atoms with Gasteiger partial charge in [-0.1, -0.05) is 127 Å². The highest BCUT2D eigenvalue weighted by atomic mass is 16.3. The summed E-state index contributed by atoms with van der Waals surface area (Å²) in [5.41, 5.74) is 11.2. The van der Waals surface area contributed by atoms with Gasteiger partial charge >= 0.3 is 0 Å². The number of fused-ring (bicyclic) bond motifs is 9. The Morgan fingerprint density at radius 3 is 1.89 bits per heavy atom. The third kappa shape index (κ3) is 4.75. The Morgan fingerprint density at radius 2 is 0.981 bits per heavy atom. The van der Waals surface area contributed by atoms with Crippen molar-refractivity contribution < 1.29 is 8.83 Å². The Kier molecular flexibility index (Phi) is 6.55. The summed E-state index contributed by atoms with van der Waals surface area (Å²) in [4.78, 5) is 2.38. The van der Waals surface area contributed by atoms with Gasteiger partial charge in [-0.3, -0.25) is 0 Å². The van der Waals surface area contributed by atoms with Crippen LogP contribution < -0.4 is 4.90 Å². The molecule has 2 aromatic heterocycles. The van der Waals surface area contributed by atoms with Gasteiger partial charge in [0.15, 0.2) is 0 Å². The van der Waals surface area contributed by atoms with Crippen LogP contribution in [0.1, 0.15) is 0 Å². The van der Waals surface area contributed by atoms with Crippen LogP contribution in [0.4, 0.5) is 17.1 Å². The maximum absolute atomic E-state index is 6.69. The van der Waals surface area contributed by atoms with E-state index in [9.17, 15) is 0 Å². The van der Waals surface area contributed by atoms with E-state index in [0.29, 0.717) is 0 Å². The van der Waals surface area contributed by atoms with Crippen LogP contribution in [0, 0.1) is 0 Å².